The SMILES string of the molecule is NCCCC1(CCN)C2CC3CC(C2)CC1C3. The van der Waals surface area contributed by atoms with Crippen LogP contribution in [0.3, 0.4) is 0 Å². The van der Waals surface area contributed by atoms with E-state index in [-0.39, 0.29) is 0 Å². The van der Waals surface area contributed by atoms with Crippen molar-refractivity contribution in [2.24, 2.45) is 40.6 Å². The number of hydrogen-bond acceptors (Lipinski definition) is 2. The van der Waals surface area contributed by atoms with Gasteiger partial charge in [-0.25, -0.2) is 0 Å². The lowest BCUT2D eigenvalue weighted by molar-refractivity contribution is -0.117. The van der Waals surface area contributed by atoms with E-state index in [4.69, 9.17) is 11.5 Å². The fourth-order valence-electron chi connectivity index (χ4n) is 5.76. The van der Waals surface area contributed by atoms with E-state index in [1.807, 2.05) is 0 Å². The third-order valence-electron chi connectivity index (χ3n) is 6.22. The minimum absolute atomic E-state index is 0.599. The van der Waals surface area contributed by atoms with Crippen LogP contribution in [-0.2, 0) is 0 Å². The molecule has 17 heavy (non-hydrogen) atoms. The molecule has 4 aliphatic carbocycles. The van der Waals surface area contributed by atoms with E-state index in [2.05, 4.69) is 0 Å². The van der Waals surface area contributed by atoms with Gasteiger partial charge in [-0.15, -0.1) is 0 Å². The average molecular weight is 236 g/mol. The molecular weight excluding hydrogens is 208 g/mol. The minimum Gasteiger partial charge on any atom is -0.330 e. The molecule has 0 aliphatic heterocycles. The topological polar surface area (TPSA) is 52.0 Å². The van der Waals surface area contributed by atoms with Crippen LogP contribution in [0, 0.1) is 29.1 Å². The predicted octanol–water partition coefficient (Wildman–Crippen LogP) is 2.52. The first-order valence-corrected chi connectivity index (χ1v) is 7.68. The van der Waals surface area contributed by atoms with E-state index < -0.39 is 0 Å². The number of rotatable bonds is 5. The molecule has 0 heterocycles. The van der Waals surface area contributed by atoms with Crippen LogP contribution in [0.5, 0.6) is 0 Å². The summed E-state index contributed by atoms with van der Waals surface area (Å²) < 4.78 is 0. The van der Waals surface area contributed by atoms with E-state index in [0.29, 0.717) is 5.41 Å². The molecule has 4 N–H and O–H groups in total. The van der Waals surface area contributed by atoms with Crippen LogP contribution in [0.1, 0.15) is 51.4 Å². The van der Waals surface area contributed by atoms with Gasteiger partial charge in [0.05, 0.1) is 0 Å². The molecule has 0 aromatic heterocycles. The second-order valence-corrected chi connectivity index (χ2v) is 6.97. The first kappa shape index (κ1) is 12.0. The number of hydrogen-bond donors (Lipinski definition) is 2. The predicted molar refractivity (Wildman–Crippen MR) is 71.4 cm³/mol. The molecule has 4 fully saturated rings. The van der Waals surface area contributed by atoms with E-state index in [0.717, 1.165) is 36.8 Å². The standard InChI is InChI=1S/C15H28N2/c16-4-1-2-15(3-5-17)13-7-11-6-12(9-13)10-14(15)8-11/h11-14H,1-10,16-17H2. The summed E-state index contributed by atoms with van der Waals surface area (Å²) in [5, 5.41) is 0. The lowest BCUT2D eigenvalue weighted by Gasteiger charge is -2.62. The van der Waals surface area contributed by atoms with Crippen LogP contribution in [0.25, 0.3) is 0 Å². The van der Waals surface area contributed by atoms with Crippen LogP contribution >= 0.6 is 0 Å². The van der Waals surface area contributed by atoms with E-state index in [1.54, 1.807) is 6.42 Å². The normalized spacial score (nSPS) is 47.6. The Morgan fingerprint density at radius 3 is 1.82 bits per heavy atom. The Kier molecular flexibility index (Phi) is 3.20. The van der Waals surface area contributed by atoms with Gasteiger partial charge >= 0.3 is 0 Å². The van der Waals surface area contributed by atoms with Crippen molar-refractivity contribution in [3.63, 3.8) is 0 Å². The molecule has 4 rings (SSSR count). The van der Waals surface area contributed by atoms with Gasteiger partial charge in [0.25, 0.3) is 0 Å². The van der Waals surface area contributed by atoms with Gasteiger partial charge in [-0.1, -0.05) is 0 Å². The molecule has 0 aromatic carbocycles. The smallest absolute Gasteiger partial charge is 0.00718 e. The Bertz CT molecular complexity index is 246. The van der Waals surface area contributed by atoms with Gasteiger partial charge < -0.3 is 11.5 Å². The van der Waals surface area contributed by atoms with Crippen LogP contribution < -0.4 is 11.5 Å². The van der Waals surface area contributed by atoms with Gasteiger partial charge in [0.15, 0.2) is 0 Å². The van der Waals surface area contributed by atoms with Gasteiger partial charge in [-0.05, 0) is 93.5 Å². The van der Waals surface area contributed by atoms with E-state index in [1.165, 1.54) is 44.9 Å². The molecule has 2 heteroatoms. The summed E-state index contributed by atoms with van der Waals surface area (Å²) >= 11 is 0. The average Bonchev–Trinajstić information content (AvgIpc) is 2.31. The van der Waals surface area contributed by atoms with Gasteiger partial charge in [-0.3, -0.25) is 0 Å². The van der Waals surface area contributed by atoms with Crippen molar-refractivity contribution in [3.8, 4) is 0 Å². The van der Waals surface area contributed by atoms with Gasteiger partial charge in [-0.2, -0.15) is 0 Å². The summed E-state index contributed by atoms with van der Waals surface area (Å²) in [7, 11) is 0. The van der Waals surface area contributed by atoms with Crippen LogP contribution in [0.4, 0.5) is 0 Å². The maximum atomic E-state index is 5.93. The zero-order valence-corrected chi connectivity index (χ0v) is 11.0. The summed E-state index contributed by atoms with van der Waals surface area (Å²) in [5.74, 6) is 4.13. The highest BCUT2D eigenvalue weighted by atomic mass is 14.6. The van der Waals surface area contributed by atoms with Gasteiger partial charge in [0.2, 0.25) is 0 Å². The van der Waals surface area contributed by atoms with Crippen molar-refractivity contribution in [2.45, 2.75) is 51.4 Å². The van der Waals surface area contributed by atoms with Crippen molar-refractivity contribution in [2.75, 3.05) is 13.1 Å². The fourth-order valence-corrected chi connectivity index (χ4v) is 5.76. The minimum atomic E-state index is 0.599. The second kappa shape index (κ2) is 4.55. The van der Waals surface area contributed by atoms with E-state index in [9.17, 15) is 0 Å². The molecule has 0 atom stereocenters. The highest BCUT2D eigenvalue weighted by Gasteiger charge is 2.55. The lowest BCUT2D eigenvalue weighted by Crippen LogP contribution is -2.53. The molecule has 4 bridgehead atoms. The highest BCUT2D eigenvalue weighted by Crippen LogP contribution is 2.64. The molecule has 0 spiro atoms. The fraction of sp³-hybridized carbons (Fsp3) is 1.00. The third kappa shape index (κ3) is 1.84. The molecule has 0 amide bonds. The van der Waals surface area contributed by atoms with Crippen molar-refractivity contribution in [1.82, 2.24) is 0 Å². The Hall–Kier alpha value is -0.0800. The van der Waals surface area contributed by atoms with Crippen LogP contribution in [0.15, 0.2) is 0 Å². The second-order valence-electron chi connectivity index (χ2n) is 6.97. The largest absolute Gasteiger partial charge is 0.330 e. The summed E-state index contributed by atoms with van der Waals surface area (Å²) in [4.78, 5) is 0. The first-order chi connectivity index (χ1) is 8.28. The number of nitrogens with two attached hydrogens (primary N) is 2. The zero-order valence-electron chi connectivity index (χ0n) is 11.0. The zero-order chi connectivity index (χ0) is 11.9. The van der Waals surface area contributed by atoms with Crippen molar-refractivity contribution in [1.29, 1.82) is 0 Å². The third-order valence-corrected chi connectivity index (χ3v) is 6.22. The molecule has 2 nitrogen and oxygen atoms in total. The molecule has 0 radical (unpaired) electrons. The Morgan fingerprint density at radius 1 is 0.765 bits per heavy atom. The molecule has 0 unspecified atom stereocenters. The first-order valence-electron chi connectivity index (χ1n) is 7.68. The van der Waals surface area contributed by atoms with E-state index >= 15 is 0 Å². The Balaban J connectivity index is 1.82. The Labute approximate surface area is 106 Å². The molecule has 4 saturated carbocycles. The maximum Gasteiger partial charge on any atom is -0.00718 e. The summed E-state index contributed by atoms with van der Waals surface area (Å²) in [5.41, 5.74) is 12.3. The molecular formula is C15H28N2. The quantitative estimate of drug-likeness (QED) is 0.770. The van der Waals surface area contributed by atoms with Crippen molar-refractivity contribution < 1.29 is 0 Å². The van der Waals surface area contributed by atoms with Gasteiger partial charge in [0, 0.05) is 0 Å². The summed E-state index contributed by atoms with van der Waals surface area (Å²) in [6.07, 6.45) is 11.4. The van der Waals surface area contributed by atoms with Crippen LogP contribution in [-0.4, -0.2) is 13.1 Å². The van der Waals surface area contributed by atoms with Crippen LogP contribution in [0.2, 0.25) is 0 Å². The molecule has 98 valence electrons. The molecule has 0 saturated heterocycles. The van der Waals surface area contributed by atoms with Crippen molar-refractivity contribution in [3.05, 3.63) is 0 Å². The maximum absolute atomic E-state index is 5.93. The highest BCUT2D eigenvalue weighted by molar-refractivity contribution is 5.05. The lowest BCUT2D eigenvalue weighted by atomic mass is 9.43. The summed E-state index contributed by atoms with van der Waals surface area (Å²) in [6, 6.07) is 0. The Morgan fingerprint density at radius 2 is 1.35 bits per heavy atom. The molecule has 4 aliphatic rings. The molecule has 0 aromatic rings. The monoisotopic (exact) mass is 236 g/mol. The van der Waals surface area contributed by atoms with Gasteiger partial charge in [0.1, 0.15) is 0 Å². The van der Waals surface area contributed by atoms with Crippen molar-refractivity contribution >= 4 is 0 Å². The summed E-state index contributed by atoms with van der Waals surface area (Å²) in [6.45, 7) is 1.74.